The molecule has 0 aliphatic carbocycles. The number of imide groups is 1. The minimum atomic E-state index is -0.457. The molecule has 2 aromatic rings. The number of amides is 2. The summed E-state index contributed by atoms with van der Waals surface area (Å²) in [6, 6.07) is 8.05. The number of phenolic OH excluding ortho intramolecular Hbond substituents is 1. The number of hydrogen-bond donors (Lipinski definition) is 1. The van der Waals surface area contributed by atoms with Crippen molar-refractivity contribution in [3.8, 4) is 5.75 Å². The van der Waals surface area contributed by atoms with Crippen molar-refractivity contribution < 1.29 is 14.7 Å². The molecule has 1 heterocycles. The predicted molar refractivity (Wildman–Crippen MR) is 109 cm³/mol. The Morgan fingerprint density at radius 3 is 2.50 bits per heavy atom. The Morgan fingerprint density at radius 1 is 1.08 bits per heavy atom. The summed E-state index contributed by atoms with van der Waals surface area (Å²) in [7, 11) is 0. The third-order valence-corrected chi connectivity index (χ3v) is 5.93. The van der Waals surface area contributed by atoms with E-state index < -0.39 is 11.1 Å². The maximum Gasteiger partial charge on any atom is 0.293 e. The third kappa shape index (κ3) is 4.05. The van der Waals surface area contributed by atoms with Crippen molar-refractivity contribution in [3.63, 3.8) is 0 Å². The monoisotopic (exact) mass is 491 g/mol. The number of halogens is 4. The topological polar surface area (TPSA) is 57.6 Å². The van der Waals surface area contributed by atoms with E-state index in [4.69, 9.17) is 34.8 Å². The molecule has 134 valence electrons. The van der Waals surface area contributed by atoms with Crippen LogP contribution in [0.3, 0.4) is 0 Å². The first-order valence-corrected chi connectivity index (χ1v) is 9.88. The number of thioether (sulfide) groups is 1. The highest BCUT2D eigenvalue weighted by molar-refractivity contribution is 9.10. The molecule has 0 bridgehead atoms. The normalized spacial score (nSPS) is 16.0. The Morgan fingerprint density at radius 2 is 1.81 bits per heavy atom. The lowest BCUT2D eigenvalue weighted by Gasteiger charge is -2.13. The Bertz CT molecular complexity index is 965. The number of carbonyl (C=O) groups excluding carboxylic acids is 2. The van der Waals surface area contributed by atoms with Gasteiger partial charge in [0.1, 0.15) is 5.75 Å². The second kappa shape index (κ2) is 7.82. The van der Waals surface area contributed by atoms with Gasteiger partial charge in [0.05, 0.1) is 26.5 Å². The van der Waals surface area contributed by atoms with Gasteiger partial charge in [-0.3, -0.25) is 14.5 Å². The van der Waals surface area contributed by atoms with Crippen LogP contribution in [-0.2, 0) is 11.3 Å². The van der Waals surface area contributed by atoms with Crippen molar-refractivity contribution in [3.05, 3.63) is 65.9 Å². The van der Waals surface area contributed by atoms with Gasteiger partial charge in [0.25, 0.3) is 11.1 Å². The highest BCUT2D eigenvalue weighted by Gasteiger charge is 2.35. The number of benzene rings is 2. The lowest BCUT2D eigenvalue weighted by molar-refractivity contribution is -0.123. The average Bonchev–Trinajstić information content (AvgIpc) is 2.83. The number of aromatic hydroxyl groups is 1. The smallest absolute Gasteiger partial charge is 0.293 e. The lowest BCUT2D eigenvalue weighted by Crippen LogP contribution is -2.27. The highest BCUT2D eigenvalue weighted by atomic mass is 79.9. The fraction of sp³-hybridized carbons (Fsp3) is 0.0588. The van der Waals surface area contributed by atoms with Crippen LogP contribution < -0.4 is 0 Å². The zero-order chi connectivity index (χ0) is 19.0. The minimum absolute atomic E-state index is 0.0735. The zero-order valence-corrected chi connectivity index (χ0v) is 17.5. The quantitative estimate of drug-likeness (QED) is 0.506. The maximum absolute atomic E-state index is 12.6. The van der Waals surface area contributed by atoms with Crippen LogP contribution in [0, 0.1) is 0 Å². The van der Waals surface area contributed by atoms with E-state index in [0.717, 1.165) is 16.7 Å². The summed E-state index contributed by atoms with van der Waals surface area (Å²) in [5.41, 5.74) is 1.01. The van der Waals surface area contributed by atoms with E-state index in [9.17, 15) is 14.7 Å². The minimum Gasteiger partial charge on any atom is -0.506 e. The summed E-state index contributed by atoms with van der Waals surface area (Å²) in [6.07, 6.45) is 1.44. The molecule has 0 spiro atoms. The molecule has 1 aliphatic rings. The van der Waals surface area contributed by atoms with E-state index in [1.807, 2.05) is 0 Å². The first-order chi connectivity index (χ1) is 12.3. The first-order valence-electron chi connectivity index (χ1n) is 7.13. The molecule has 1 saturated heterocycles. The van der Waals surface area contributed by atoms with E-state index >= 15 is 0 Å². The molecular formula is C17H9BrCl3NO3S. The SMILES string of the molecule is O=C1S/C(=C\c2cc(Br)cc(Cl)c2O)C(=O)N1Cc1ccc(Cl)c(Cl)c1. The largest absolute Gasteiger partial charge is 0.506 e. The fourth-order valence-electron chi connectivity index (χ4n) is 2.29. The molecule has 0 saturated carbocycles. The molecule has 9 heteroatoms. The molecule has 2 aromatic carbocycles. The van der Waals surface area contributed by atoms with Gasteiger partial charge in [-0.15, -0.1) is 0 Å². The number of phenols is 1. The molecule has 3 rings (SSSR count). The number of nitrogens with zero attached hydrogens (tertiary/aromatic N) is 1. The van der Waals surface area contributed by atoms with Crippen molar-refractivity contribution in [2.24, 2.45) is 0 Å². The van der Waals surface area contributed by atoms with Crippen molar-refractivity contribution in [2.45, 2.75) is 6.54 Å². The van der Waals surface area contributed by atoms with E-state index in [1.54, 1.807) is 24.3 Å². The zero-order valence-electron chi connectivity index (χ0n) is 12.8. The molecule has 26 heavy (non-hydrogen) atoms. The van der Waals surface area contributed by atoms with Crippen molar-refractivity contribution in [1.82, 2.24) is 4.90 Å². The van der Waals surface area contributed by atoms with E-state index in [2.05, 4.69) is 15.9 Å². The maximum atomic E-state index is 12.6. The van der Waals surface area contributed by atoms with Gasteiger partial charge in [0.15, 0.2) is 0 Å². The fourth-order valence-corrected chi connectivity index (χ4v) is 4.28. The standard InChI is InChI=1S/C17H9BrCl3NO3S/c18-10-4-9(15(23)13(21)6-10)5-14-16(24)22(17(25)26-14)7-8-1-2-11(19)12(20)3-8/h1-6,23H,7H2/b14-5-. The number of carbonyl (C=O) groups is 2. The van der Waals surface area contributed by atoms with Crippen LogP contribution in [0.5, 0.6) is 5.75 Å². The van der Waals surface area contributed by atoms with Crippen molar-refractivity contribution in [1.29, 1.82) is 0 Å². The summed E-state index contributed by atoms with van der Waals surface area (Å²) in [4.78, 5) is 26.1. The first kappa shape index (κ1) is 19.6. The molecule has 0 radical (unpaired) electrons. The summed E-state index contributed by atoms with van der Waals surface area (Å²) in [5, 5.41) is 10.5. The van der Waals surface area contributed by atoms with Gasteiger partial charge in [-0.1, -0.05) is 56.8 Å². The number of hydrogen-bond acceptors (Lipinski definition) is 4. The van der Waals surface area contributed by atoms with Crippen molar-refractivity contribution in [2.75, 3.05) is 0 Å². The number of rotatable bonds is 3. The van der Waals surface area contributed by atoms with Gasteiger partial charge in [-0.2, -0.15) is 0 Å². The Kier molecular flexibility index (Phi) is 5.89. The third-order valence-electron chi connectivity index (χ3n) is 3.54. The van der Waals surface area contributed by atoms with E-state index in [0.29, 0.717) is 25.6 Å². The molecule has 0 atom stereocenters. The Hall–Kier alpha value is -1.18. The summed E-state index contributed by atoms with van der Waals surface area (Å²) in [5.74, 6) is -0.618. The molecular weight excluding hydrogens is 485 g/mol. The van der Waals surface area contributed by atoms with Crippen LogP contribution >= 0.6 is 62.5 Å². The van der Waals surface area contributed by atoms with Crippen LogP contribution in [-0.4, -0.2) is 21.2 Å². The molecule has 2 amide bonds. The second-order valence-corrected chi connectivity index (χ2v) is 8.47. The van der Waals surface area contributed by atoms with Crippen LogP contribution in [0.2, 0.25) is 15.1 Å². The van der Waals surface area contributed by atoms with Gasteiger partial charge in [-0.05, 0) is 47.7 Å². The summed E-state index contributed by atoms with van der Waals surface area (Å²) >= 11 is 21.9. The van der Waals surface area contributed by atoms with Gasteiger partial charge in [-0.25, -0.2) is 0 Å². The summed E-state index contributed by atoms with van der Waals surface area (Å²) < 4.78 is 0.640. The van der Waals surface area contributed by atoms with Crippen LogP contribution in [0.25, 0.3) is 6.08 Å². The van der Waals surface area contributed by atoms with E-state index in [-0.39, 0.29) is 22.2 Å². The molecule has 1 N–H and O–H groups in total. The van der Waals surface area contributed by atoms with Crippen LogP contribution in [0.1, 0.15) is 11.1 Å². The second-order valence-electron chi connectivity index (χ2n) is 5.34. The Labute approximate surface area is 176 Å². The average molecular weight is 494 g/mol. The predicted octanol–water partition coefficient (Wildman–Crippen LogP) is 6.35. The Balaban J connectivity index is 1.88. The van der Waals surface area contributed by atoms with Crippen LogP contribution in [0.15, 0.2) is 39.7 Å². The van der Waals surface area contributed by atoms with Crippen LogP contribution in [0.4, 0.5) is 4.79 Å². The van der Waals surface area contributed by atoms with Gasteiger partial charge in [0, 0.05) is 10.0 Å². The molecule has 4 nitrogen and oxygen atoms in total. The highest BCUT2D eigenvalue weighted by Crippen LogP contribution is 2.38. The lowest BCUT2D eigenvalue weighted by atomic mass is 10.1. The molecule has 0 unspecified atom stereocenters. The van der Waals surface area contributed by atoms with Gasteiger partial charge in [0.2, 0.25) is 0 Å². The molecule has 0 aromatic heterocycles. The molecule has 1 aliphatic heterocycles. The molecule has 1 fully saturated rings. The van der Waals surface area contributed by atoms with Crippen molar-refractivity contribution >= 4 is 79.7 Å². The van der Waals surface area contributed by atoms with Gasteiger partial charge >= 0.3 is 0 Å². The summed E-state index contributed by atoms with van der Waals surface area (Å²) in [6.45, 7) is 0.0735. The van der Waals surface area contributed by atoms with E-state index in [1.165, 1.54) is 12.1 Å². The van der Waals surface area contributed by atoms with Gasteiger partial charge < -0.3 is 5.11 Å².